The highest BCUT2D eigenvalue weighted by atomic mass is 32.1. The van der Waals surface area contributed by atoms with Crippen molar-refractivity contribution in [3.63, 3.8) is 0 Å². The molecule has 0 saturated heterocycles. The van der Waals surface area contributed by atoms with Gasteiger partial charge in [0, 0.05) is 11.3 Å². The topological polar surface area (TPSA) is 43.5 Å². The maximum absolute atomic E-state index is 5.49. The Hall–Kier alpha value is -2.22. The lowest BCUT2D eigenvalue weighted by molar-refractivity contribution is -0.917. The predicted octanol–water partition coefficient (Wildman–Crippen LogP) is 3.41. The molecule has 2 N–H and O–H groups in total. The Labute approximate surface area is 162 Å². The smallest absolute Gasteiger partial charge is 0.209 e. The highest BCUT2D eigenvalue weighted by Crippen LogP contribution is 2.22. The minimum absolute atomic E-state index is 0.719. The Bertz CT molecular complexity index is 918. The van der Waals surface area contributed by atoms with E-state index in [1.807, 2.05) is 35.0 Å². The summed E-state index contributed by atoms with van der Waals surface area (Å²) in [7, 11) is 3.82. The van der Waals surface area contributed by atoms with Crippen LogP contribution in [0.15, 0.2) is 48.5 Å². The van der Waals surface area contributed by atoms with Crippen molar-refractivity contribution in [1.29, 1.82) is 0 Å². The molecular weight excluding hydrogens is 364 g/mol. The molecule has 0 aliphatic rings. The van der Waals surface area contributed by atoms with Crippen LogP contribution in [0.25, 0.3) is 0 Å². The number of aryl methyl sites for hydroxylation is 1. The van der Waals surface area contributed by atoms with Crippen molar-refractivity contribution in [3.8, 4) is 5.75 Å². The van der Waals surface area contributed by atoms with Crippen LogP contribution in [0.4, 0.5) is 10.8 Å². The Morgan fingerprint density at radius 2 is 1.92 bits per heavy atom. The molecular formula is C19H23N4OS2+. The number of hydrogen-bond acceptors (Lipinski definition) is 5. The van der Waals surface area contributed by atoms with Gasteiger partial charge in [0.15, 0.2) is 10.6 Å². The van der Waals surface area contributed by atoms with Crippen LogP contribution >= 0.6 is 23.6 Å². The third-order valence-electron chi connectivity index (χ3n) is 4.08. The Morgan fingerprint density at radius 3 is 2.62 bits per heavy atom. The number of ether oxygens (including phenoxy) is 1. The van der Waals surface area contributed by atoms with E-state index < -0.39 is 0 Å². The second-order valence-electron chi connectivity index (χ2n) is 6.25. The molecule has 3 aromatic rings. The first-order valence-electron chi connectivity index (χ1n) is 8.40. The minimum Gasteiger partial charge on any atom is -0.497 e. The van der Waals surface area contributed by atoms with Gasteiger partial charge in [-0.1, -0.05) is 29.5 Å². The quantitative estimate of drug-likeness (QED) is 0.610. The number of benzene rings is 2. The van der Waals surface area contributed by atoms with Crippen molar-refractivity contribution >= 4 is 34.4 Å². The second kappa shape index (κ2) is 8.44. The van der Waals surface area contributed by atoms with Crippen molar-refractivity contribution < 1.29 is 9.64 Å². The van der Waals surface area contributed by atoms with Crippen molar-refractivity contribution in [3.05, 3.63) is 63.6 Å². The summed E-state index contributed by atoms with van der Waals surface area (Å²) in [5.41, 5.74) is 3.49. The lowest BCUT2D eigenvalue weighted by atomic mass is 10.2. The maximum Gasteiger partial charge on any atom is 0.209 e. The molecule has 0 saturated carbocycles. The molecule has 0 amide bonds. The third-order valence-corrected chi connectivity index (χ3v) is 5.30. The Balaban J connectivity index is 1.65. The van der Waals surface area contributed by atoms with Crippen molar-refractivity contribution in [1.82, 2.24) is 9.78 Å². The zero-order chi connectivity index (χ0) is 18.5. The Kier molecular flexibility index (Phi) is 6.03. The van der Waals surface area contributed by atoms with Gasteiger partial charge in [-0.05, 0) is 55.0 Å². The van der Waals surface area contributed by atoms with Gasteiger partial charge >= 0.3 is 0 Å². The summed E-state index contributed by atoms with van der Waals surface area (Å²) >= 11 is 6.98. The molecule has 1 aromatic heterocycles. The molecule has 3 rings (SSSR count). The number of para-hydroxylation sites is 1. The highest BCUT2D eigenvalue weighted by molar-refractivity contribution is 7.73. The first-order valence-corrected chi connectivity index (χ1v) is 9.62. The summed E-state index contributed by atoms with van der Waals surface area (Å²) in [4.78, 5) is 1.30. The molecule has 26 heavy (non-hydrogen) atoms. The summed E-state index contributed by atoms with van der Waals surface area (Å²) in [6, 6.07) is 16.3. The number of nitrogens with zero attached hydrogens (tertiary/aromatic N) is 2. The number of quaternary nitrogens is 1. The van der Waals surface area contributed by atoms with E-state index in [1.54, 1.807) is 7.11 Å². The SMILES string of the molecule is COc1ccc(C[NH+](C)Cn2nc(Nc3ccccc3C)sc2=S)cc1. The van der Waals surface area contributed by atoms with Crippen LogP contribution in [0.3, 0.4) is 0 Å². The fourth-order valence-electron chi connectivity index (χ4n) is 2.69. The van der Waals surface area contributed by atoms with Gasteiger partial charge in [-0.2, -0.15) is 4.68 Å². The van der Waals surface area contributed by atoms with Gasteiger partial charge in [0.1, 0.15) is 12.3 Å². The predicted molar refractivity (Wildman–Crippen MR) is 109 cm³/mol. The molecule has 7 heteroatoms. The molecule has 0 spiro atoms. The van der Waals surface area contributed by atoms with Gasteiger partial charge in [0.05, 0.1) is 14.2 Å². The van der Waals surface area contributed by atoms with E-state index in [1.165, 1.54) is 27.4 Å². The fourth-order valence-corrected chi connectivity index (χ4v) is 3.71. The number of aromatic nitrogens is 2. The molecule has 2 aromatic carbocycles. The Morgan fingerprint density at radius 1 is 1.19 bits per heavy atom. The lowest BCUT2D eigenvalue weighted by Gasteiger charge is -2.14. The van der Waals surface area contributed by atoms with Gasteiger partial charge in [-0.3, -0.25) is 0 Å². The first-order chi connectivity index (χ1) is 12.5. The lowest BCUT2D eigenvalue weighted by Crippen LogP contribution is -3.07. The van der Waals surface area contributed by atoms with E-state index in [0.717, 1.165) is 33.7 Å². The van der Waals surface area contributed by atoms with Crippen molar-refractivity contribution in [2.45, 2.75) is 20.1 Å². The first kappa shape index (κ1) is 18.6. The van der Waals surface area contributed by atoms with E-state index in [2.05, 4.69) is 42.6 Å². The zero-order valence-electron chi connectivity index (χ0n) is 15.2. The molecule has 0 fully saturated rings. The standard InChI is InChI=1S/C19H22N4OS2/c1-14-6-4-5-7-17(14)20-18-21-23(19(25)26-18)13-22(2)12-15-8-10-16(24-3)11-9-15/h4-11H,12-13H2,1-3H3,(H,20,21)/p+1. The summed E-state index contributed by atoms with van der Waals surface area (Å²) < 4.78 is 7.87. The summed E-state index contributed by atoms with van der Waals surface area (Å²) in [6.07, 6.45) is 0. The van der Waals surface area contributed by atoms with Crippen LogP contribution < -0.4 is 15.0 Å². The van der Waals surface area contributed by atoms with Crippen LogP contribution in [0, 0.1) is 10.9 Å². The van der Waals surface area contributed by atoms with Gasteiger partial charge in [0.2, 0.25) is 5.13 Å². The third kappa shape index (κ3) is 4.69. The molecule has 1 heterocycles. The van der Waals surface area contributed by atoms with Gasteiger partial charge in [-0.25, -0.2) is 0 Å². The highest BCUT2D eigenvalue weighted by Gasteiger charge is 2.10. The molecule has 1 atom stereocenters. The molecule has 0 aliphatic heterocycles. The number of methoxy groups -OCH3 is 1. The molecule has 5 nitrogen and oxygen atoms in total. The van der Waals surface area contributed by atoms with E-state index in [4.69, 9.17) is 17.0 Å². The van der Waals surface area contributed by atoms with E-state index >= 15 is 0 Å². The number of rotatable bonds is 7. The van der Waals surface area contributed by atoms with Crippen LogP contribution in [-0.4, -0.2) is 23.9 Å². The molecule has 0 bridgehead atoms. The molecule has 1 unspecified atom stereocenters. The fraction of sp³-hybridized carbons (Fsp3) is 0.263. The van der Waals surface area contributed by atoms with Gasteiger partial charge < -0.3 is 15.0 Å². The van der Waals surface area contributed by atoms with Crippen molar-refractivity contribution in [2.75, 3.05) is 19.5 Å². The molecule has 0 aliphatic carbocycles. The average molecular weight is 388 g/mol. The molecule has 136 valence electrons. The number of hydrogen-bond donors (Lipinski definition) is 2. The zero-order valence-corrected chi connectivity index (χ0v) is 16.8. The largest absolute Gasteiger partial charge is 0.497 e. The van der Waals surface area contributed by atoms with Gasteiger partial charge in [0.25, 0.3) is 0 Å². The second-order valence-corrected chi connectivity index (χ2v) is 7.88. The summed E-state index contributed by atoms with van der Waals surface area (Å²) in [5, 5.41) is 8.82. The van der Waals surface area contributed by atoms with E-state index in [0.29, 0.717) is 0 Å². The van der Waals surface area contributed by atoms with Crippen molar-refractivity contribution in [2.24, 2.45) is 0 Å². The van der Waals surface area contributed by atoms with E-state index in [-0.39, 0.29) is 0 Å². The maximum atomic E-state index is 5.49. The summed E-state index contributed by atoms with van der Waals surface area (Å²) in [6.45, 7) is 3.69. The van der Waals surface area contributed by atoms with Crippen LogP contribution in [-0.2, 0) is 13.2 Å². The van der Waals surface area contributed by atoms with Crippen LogP contribution in [0.1, 0.15) is 11.1 Å². The minimum atomic E-state index is 0.719. The summed E-state index contributed by atoms with van der Waals surface area (Å²) in [5.74, 6) is 0.875. The van der Waals surface area contributed by atoms with Gasteiger partial charge in [-0.15, -0.1) is 5.10 Å². The number of anilines is 2. The van der Waals surface area contributed by atoms with Crippen LogP contribution in [0.2, 0.25) is 0 Å². The monoisotopic (exact) mass is 387 g/mol. The number of nitrogens with one attached hydrogen (secondary N) is 2. The average Bonchev–Trinajstić information content (AvgIpc) is 2.96. The normalized spacial score (nSPS) is 12.0. The van der Waals surface area contributed by atoms with E-state index in [9.17, 15) is 0 Å². The molecule has 0 radical (unpaired) electrons. The van der Waals surface area contributed by atoms with Crippen LogP contribution in [0.5, 0.6) is 5.75 Å².